The first-order valence-electron chi connectivity index (χ1n) is 6.72. The van der Waals surface area contributed by atoms with Gasteiger partial charge in [-0.05, 0) is 60.4 Å². The molecule has 1 heterocycles. The second-order valence-electron chi connectivity index (χ2n) is 5.04. The molecule has 0 saturated heterocycles. The Hall–Kier alpha value is -2.09. The van der Waals surface area contributed by atoms with E-state index in [-0.39, 0.29) is 10.7 Å². The molecule has 2 N–H and O–H groups in total. The monoisotopic (exact) mass is 348 g/mol. The Balaban J connectivity index is 2.10. The van der Waals surface area contributed by atoms with E-state index in [1.54, 1.807) is 24.3 Å². The summed E-state index contributed by atoms with van der Waals surface area (Å²) in [6.07, 6.45) is 0. The summed E-state index contributed by atoms with van der Waals surface area (Å²) in [5, 5.41) is 5.12. The largest absolute Gasteiger partial charge is 0.238 e. The molecule has 0 radical (unpaired) electrons. The highest BCUT2D eigenvalue weighted by molar-refractivity contribution is 7.89. The fourth-order valence-corrected chi connectivity index (χ4v) is 3.57. The van der Waals surface area contributed by atoms with E-state index in [9.17, 15) is 12.8 Å². The molecule has 0 amide bonds. The van der Waals surface area contributed by atoms with Gasteiger partial charge >= 0.3 is 0 Å². The van der Waals surface area contributed by atoms with Crippen LogP contribution in [-0.4, -0.2) is 12.8 Å². The van der Waals surface area contributed by atoms with Crippen LogP contribution in [0.1, 0.15) is 4.88 Å². The van der Waals surface area contributed by atoms with Crippen LogP contribution in [0.3, 0.4) is 0 Å². The molecule has 2 aromatic carbocycles. The molecule has 0 bridgehead atoms. The number of halogens is 1. The molecule has 0 aliphatic carbocycles. The van der Waals surface area contributed by atoms with Crippen molar-refractivity contribution in [1.29, 1.82) is 0 Å². The Kier molecular flexibility index (Phi) is 4.01. The lowest BCUT2D eigenvalue weighted by molar-refractivity contribution is 0.598. The number of nitrogens with two attached hydrogens (primary N) is 1. The van der Waals surface area contributed by atoms with Gasteiger partial charge in [0.1, 0.15) is 5.82 Å². The van der Waals surface area contributed by atoms with Gasteiger partial charge in [-0.2, -0.15) is 4.37 Å². The van der Waals surface area contributed by atoms with Gasteiger partial charge in [0.25, 0.3) is 0 Å². The molecule has 0 unspecified atom stereocenters. The van der Waals surface area contributed by atoms with Gasteiger partial charge in [0.2, 0.25) is 10.0 Å². The quantitative estimate of drug-likeness (QED) is 0.786. The lowest BCUT2D eigenvalue weighted by Gasteiger charge is -2.06. The number of nitrogens with zero attached hydrogens (tertiary/aromatic N) is 1. The third kappa shape index (κ3) is 3.17. The average Bonchev–Trinajstić information content (AvgIpc) is 2.89. The molecule has 0 aliphatic heterocycles. The van der Waals surface area contributed by atoms with Crippen LogP contribution in [0.5, 0.6) is 0 Å². The number of aromatic nitrogens is 1. The molecule has 0 spiro atoms. The summed E-state index contributed by atoms with van der Waals surface area (Å²) in [5.74, 6) is -0.306. The second-order valence-corrected chi connectivity index (χ2v) is 7.58. The van der Waals surface area contributed by atoms with Crippen LogP contribution in [0.2, 0.25) is 0 Å². The SMILES string of the molecule is Cc1snc(-c2ccc(F)cc2)c1-c1ccc(S(N)(=O)=O)cc1. The number of primary sulfonamides is 1. The molecular formula is C16H13FN2O2S2. The first-order valence-corrected chi connectivity index (χ1v) is 9.03. The number of hydrogen-bond donors (Lipinski definition) is 1. The summed E-state index contributed by atoms with van der Waals surface area (Å²) in [6.45, 7) is 1.94. The zero-order valence-corrected chi connectivity index (χ0v) is 13.8. The van der Waals surface area contributed by atoms with Gasteiger partial charge in [-0.1, -0.05) is 12.1 Å². The van der Waals surface area contributed by atoms with Crippen molar-refractivity contribution >= 4 is 21.6 Å². The minimum Gasteiger partial charge on any atom is -0.225 e. The maximum atomic E-state index is 13.1. The molecule has 0 aliphatic rings. The Bertz CT molecular complexity index is 947. The summed E-state index contributed by atoms with van der Waals surface area (Å²) in [5.41, 5.74) is 3.29. The molecule has 0 atom stereocenters. The summed E-state index contributed by atoms with van der Waals surface area (Å²) in [4.78, 5) is 1.05. The van der Waals surface area contributed by atoms with E-state index in [0.717, 1.165) is 27.3 Å². The summed E-state index contributed by atoms with van der Waals surface area (Å²) < 4.78 is 40.2. The molecule has 118 valence electrons. The zero-order valence-electron chi connectivity index (χ0n) is 12.2. The molecule has 7 heteroatoms. The molecular weight excluding hydrogens is 335 g/mol. The Morgan fingerprint density at radius 1 is 1.00 bits per heavy atom. The van der Waals surface area contributed by atoms with Gasteiger partial charge in [0, 0.05) is 16.0 Å². The fourth-order valence-electron chi connectivity index (χ4n) is 2.33. The smallest absolute Gasteiger partial charge is 0.225 e. The molecule has 0 saturated carbocycles. The van der Waals surface area contributed by atoms with Crippen LogP contribution in [0, 0.1) is 12.7 Å². The van der Waals surface area contributed by atoms with Gasteiger partial charge in [-0.3, -0.25) is 0 Å². The maximum Gasteiger partial charge on any atom is 0.238 e. The topological polar surface area (TPSA) is 73.0 Å². The summed E-state index contributed by atoms with van der Waals surface area (Å²) in [6, 6.07) is 12.5. The highest BCUT2D eigenvalue weighted by atomic mass is 32.2. The van der Waals surface area contributed by atoms with Crippen molar-refractivity contribution in [1.82, 2.24) is 4.37 Å². The van der Waals surface area contributed by atoms with Crippen LogP contribution < -0.4 is 5.14 Å². The molecule has 0 fully saturated rings. The lowest BCUT2D eigenvalue weighted by atomic mass is 10.00. The van der Waals surface area contributed by atoms with Crippen LogP contribution in [0.25, 0.3) is 22.4 Å². The third-order valence-electron chi connectivity index (χ3n) is 3.45. The van der Waals surface area contributed by atoms with E-state index < -0.39 is 10.0 Å². The minimum absolute atomic E-state index is 0.0606. The zero-order chi connectivity index (χ0) is 16.6. The number of aryl methyl sites for hydroxylation is 1. The normalized spacial score (nSPS) is 11.6. The van der Waals surface area contributed by atoms with E-state index in [1.165, 1.54) is 35.8 Å². The predicted octanol–water partition coefficient (Wildman–Crippen LogP) is 3.57. The maximum absolute atomic E-state index is 13.1. The van der Waals surface area contributed by atoms with Crippen LogP contribution >= 0.6 is 11.5 Å². The van der Waals surface area contributed by atoms with Crippen molar-refractivity contribution in [3.63, 3.8) is 0 Å². The van der Waals surface area contributed by atoms with E-state index in [4.69, 9.17) is 5.14 Å². The van der Waals surface area contributed by atoms with E-state index >= 15 is 0 Å². The van der Waals surface area contributed by atoms with Gasteiger partial charge in [0.05, 0.1) is 10.6 Å². The predicted molar refractivity (Wildman–Crippen MR) is 89.1 cm³/mol. The summed E-state index contributed by atoms with van der Waals surface area (Å²) in [7, 11) is -3.72. The highest BCUT2D eigenvalue weighted by Gasteiger charge is 2.16. The van der Waals surface area contributed by atoms with Gasteiger partial charge in [-0.15, -0.1) is 0 Å². The minimum atomic E-state index is -3.72. The van der Waals surface area contributed by atoms with Gasteiger partial charge in [-0.25, -0.2) is 17.9 Å². The lowest BCUT2D eigenvalue weighted by Crippen LogP contribution is -2.11. The number of hydrogen-bond acceptors (Lipinski definition) is 4. The van der Waals surface area contributed by atoms with Crippen molar-refractivity contribution in [3.05, 3.63) is 59.2 Å². The number of rotatable bonds is 3. The Morgan fingerprint density at radius 2 is 1.57 bits per heavy atom. The van der Waals surface area contributed by atoms with E-state index in [2.05, 4.69) is 4.37 Å². The first kappa shape index (κ1) is 15.8. The van der Waals surface area contributed by atoms with Gasteiger partial charge in [0.15, 0.2) is 0 Å². The average molecular weight is 348 g/mol. The molecule has 4 nitrogen and oxygen atoms in total. The van der Waals surface area contributed by atoms with Crippen molar-refractivity contribution in [2.24, 2.45) is 5.14 Å². The van der Waals surface area contributed by atoms with Crippen LogP contribution in [0.4, 0.5) is 4.39 Å². The third-order valence-corrected chi connectivity index (χ3v) is 5.13. The van der Waals surface area contributed by atoms with Gasteiger partial charge < -0.3 is 0 Å². The van der Waals surface area contributed by atoms with Crippen molar-refractivity contribution in [2.75, 3.05) is 0 Å². The number of benzene rings is 2. The summed E-state index contributed by atoms with van der Waals surface area (Å²) >= 11 is 1.35. The van der Waals surface area contributed by atoms with Crippen LogP contribution in [0.15, 0.2) is 53.4 Å². The molecule has 1 aromatic heterocycles. The van der Waals surface area contributed by atoms with Crippen molar-refractivity contribution in [2.45, 2.75) is 11.8 Å². The Labute approximate surface area is 137 Å². The highest BCUT2D eigenvalue weighted by Crippen LogP contribution is 2.36. The van der Waals surface area contributed by atoms with Crippen molar-refractivity contribution < 1.29 is 12.8 Å². The second kappa shape index (κ2) is 5.84. The van der Waals surface area contributed by atoms with E-state index in [1.807, 2.05) is 6.92 Å². The Morgan fingerprint density at radius 3 is 2.13 bits per heavy atom. The molecule has 3 rings (SSSR count). The van der Waals surface area contributed by atoms with Crippen molar-refractivity contribution in [3.8, 4) is 22.4 Å². The molecule has 23 heavy (non-hydrogen) atoms. The first-order chi connectivity index (χ1) is 10.9. The van der Waals surface area contributed by atoms with E-state index in [0.29, 0.717) is 0 Å². The fraction of sp³-hybridized carbons (Fsp3) is 0.0625. The number of sulfonamides is 1. The standard InChI is InChI=1S/C16H13FN2O2S2/c1-10-15(11-4-8-14(9-5-11)23(18,20)21)16(19-22-10)12-2-6-13(17)7-3-12/h2-9H,1H3,(H2,18,20,21). The molecule has 3 aromatic rings. The van der Waals surface area contributed by atoms with Crippen LogP contribution in [-0.2, 0) is 10.0 Å².